The van der Waals surface area contributed by atoms with E-state index in [1.54, 1.807) is 0 Å². The Morgan fingerprint density at radius 3 is 2.11 bits per heavy atom. The molecule has 0 amide bonds. The first-order chi connectivity index (χ1) is 22.5. The third kappa shape index (κ3) is 4.77. The van der Waals surface area contributed by atoms with Gasteiger partial charge in [-0.25, -0.2) is 9.97 Å². The van der Waals surface area contributed by atoms with Crippen molar-refractivity contribution in [3.05, 3.63) is 156 Å². The van der Waals surface area contributed by atoms with Crippen LogP contribution < -0.4 is 0 Å². The van der Waals surface area contributed by atoms with E-state index in [1.165, 1.54) is 26.5 Å². The first-order valence-electron chi connectivity index (χ1n) is 15.4. The van der Waals surface area contributed by atoms with Gasteiger partial charge in [-0.1, -0.05) is 123 Å². The van der Waals surface area contributed by atoms with E-state index in [4.69, 9.17) is 9.97 Å². The highest BCUT2D eigenvalue weighted by Crippen LogP contribution is 2.52. The van der Waals surface area contributed by atoms with Crippen LogP contribution in [0.2, 0.25) is 0 Å². The average molecular weight is 608 g/mol. The van der Waals surface area contributed by atoms with Gasteiger partial charge in [-0.15, -0.1) is 0 Å². The minimum Gasteiger partial charge on any atom is -0.228 e. The Morgan fingerprint density at radius 1 is 0.587 bits per heavy atom. The molecule has 1 aliphatic rings. The molecule has 46 heavy (non-hydrogen) atoms. The highest BCUT2D eigenvalue weighted by atomic mass is 32.2. The Kier molecular flexibility index (Phi) is 6.78. The molecule has 2 heterocycles. The summed E-state index contributed by atoms with van der Waals surface area (Å²) in [5.74, 6) is 0.678. The molecular weight excluding hydrogens is 579 g/mol. The number of nitrogens with zero attached hydrogens (tertiary/aromatic N) is 3. The number of aromatic nitrogens is 2. The monoisotopic (exact) mass is 607 g/mol. The quantitative estimate of drug-likeness (QED) is 0.200. The second-order valence-electron chi connectivity index (χ2n) is 12.2. The maximum absolute atomic E-state index is 9.45. The van der Waals surface area contributed by atoms with Gasteiger partial charge in [0.05, 0.1) is 22.8 Å². The smallest absolute Gasteiger partial charge is 0.160 e. The van der Waals surface area contributed by atoms with Crippen molar-refractivity contribution < 1.29 is 0 Å². The first-order valence-corrected chi connectivity index (χ1v) is 16.2. The highest BCUT2D eigenvalue weighted by molar-refractivity contribution is 7.99. The van der Waals surface area contributed by atoms with Crippen molar-refractivity contribution >= 4 is 22.7 Å². The molecule has 0 unspecified atom stereocenters. The second kappa shape index (κ2) is 11.1. The van der Waals surface area contributed by atoms with Crippen molar-refractivity contribution in [2.24, 2.45) is 0 Å². The molecule has 0 saturated heterocycles. The van der Waals surface area contributed by atoms with E-state index in [2.05, 4.69) is 105 Å². The van der Waals surface area contributed by atoms with Gasteiger partial charge < -0.3 is 0 Å². The number of hydrogen-bond donors (Lipinski definition) is 0. The maximum Gasteiger partial charge on any atom is 0.160 e. The molecule has 0 atom stereocenters. The van der Waals surface area contributed by atoms with Crippen LogP contribution in [0.25, 0.3) is 55.8 Å². The van der Waals surface area contributed by atoms with Crippen LogP contribution in [0.1, 0.15) is 30.5 Å². The number of nitriles is 1. The molecule has 218 valence electrons. The van der Waals surface area contributed by atoms with E-state index in [-0.39, 0.29) is 5.41 Å². The molecule has 0 aliphatic carbocycles. The first kappa shape index (κ1) is 28.0. The molecular formula is C42H29N3S. The summed E-state index contributed by atoms with van der Waals surface area (Å²) in [5.41, 5.74) is 11.4. The van der Waals surface area contributed by atoms with Gasteiger partial charge in [-0.3, -0.25) is 0 Å². The van der Waals surface area contributed by atoms with Gasteiger partial charge in [0.15, 0.2) is 5.82 Å². The van der Waals surface area contributed by atoms with Crippen LogP contribution in [-0.2, 0) is 5.41 Å². The lowest BCUT2D eigenvalue weighted by molar-refractivity contribution is 0.608. The van der Waals surface area contributed by atoms with Crippen LogP contribution >= 0.6 is 11.8 Å². The summed E-state index contributed by atoms with van der Waals surface area (Å²) in [4.78, 5) is 12.9. The zero-order chi connectivity index (χ0) is 31.3. The Morgan fingerprint density at radius 2 is 1.28 bits per heavy atom. The third-order valence-electron chi connectivity index (χ3n) is 8.96. The van der Waals surface area contributed by atoms with E-state index in [1.807, 2.05) is 66.4 Å². The van der Waals surface area contributed by atoms with Crippen molar-refractivity contribution in [3.63, 3.8) is 0 Å². The van der Waals surface area contributed by atoms with Crippen LogP contribution in [0.5, 0.6) is 0 Å². The standard InChI is InChI=1S/C42H29N3S/c1-42(2)35-15-7-9-18-38(35)46-40-33(14-10-16-36(40)42)31-23-30(28-21-19-27(26-43)20-22-28)24-32(25-31)41-44-37-17-8-6-13-34(37)39(45-41)29-11-4-3-5-12-29/h3-25H,1-2H3. The summed E-state index contributed by atoms with van der Waals surface area (Å²) in [6.45, 7) is 4.64. The molecule has 0 fully saturated rings. The molecule has 0 N–H and O–H groups in total. The maximum atomic E-state index is 9.45. The zero-order valence-electron chi connectivity index (χ0n) is 25.5. The predicted molar refractivity (Wildman–Crippen MR) is 189 cm³/mol. The number of hydrogen-bond acceptors (Lipinski definition) is 4. The van der Waals surface area contributed by atoms with Gasteiger partial charge in [0.2, 0.25) is 0 Å². The van der Waals surface area contributed by atoms with Crippen LogP contribution in [0.15, 0.2) is 149 Å². The van der Waals surface area contributed by atoms with Crippen molar-refractivity contribution in [2.75, 3.05) is 0 Å². The fourth-order valence-corrected chi connectivity index (χ4v) is 8.06. The molecule has 6 aromatic carbocycles. The lowest BCUT2D eigenvalue weighted by Gasteiger charge is -2.35. The van der Waals surface area contributed by atoms with Crippen molar-refractivity contribution in [1.82, 2.24) is 9.97 Å². The largest absolute Gasteiger partial charge is 0.228 e. The molecule has 7 aromatic rings. The Hall–Kier alpha value is -5.50. The van der Waals surface area contributed by atoms with E-state index in [9.17, 15) is 5.26 Å². The van der Waals surface area contributed by atoms with Gasteiger partial charge in [-0.2, -0.15) is 5.26 Å². The van der Waals surface area contributed by atoms with Crippen molar-refractivity contribution in [1.29, 1.82) is 5.26 Å². The summed E-state index contributed by atoms with van der Waals surface area (Å²) in [6, 6.07) is 50.7. The molecule has 1 aromatic heterocycles. The van der Waals surface area contributed by atoms with Gasteiger partial charge in [0.25, 0.3) is 0 Å². The lowest BCUT2D eigenvalue weighted by Crippen LogP contribution is -2.23. The number of fused-ring (bicyclic) bond motifs is 3. The lowest BCUT2D eigenvalue weighted by atomic mass is 9.76. The molecule has 3 nitrogen and oxygen atoms in total. The Bertz CT molecular complexity index is 2320. The minimum absolute atomic E-state index is 0.132. The number of benzene rings is 6. The summed E-state index contributed by atoms with van der Waals surface area (Å²) in [7, 11) is 0. The summed E-state index contributed by atoms with van der Waals surface area (Å²) >= 11 is 1.85. The molecule has 0 saturated carbocycles. The van der Waals surface area contributed by atoms with E-state index < -0.39 is 0 Å². The Balaban J connectivity index is 1.37. The van der Waals surface area contributed by atoms with Gasteiger partial charge in [0.1, 0.15) is 0 Å². The number of rotatable bonds is 4. The highest BCUT2D eigenvalue weighted by Gasteiger charge is 2.34. The van der Waals surface area contributed by atoms with Gasteiger partial charge >= 0.3 is 0 Å². The van der Waals surface area contributed by atoms with E-state index in [0.29, 0.717) is 11.4 Å². The molecule has 0 radical (unpaired) electrons. The fraction of sp³-hybridized carbons (Fsp3) is 0.0714. The van der Waals surface area contributed by atoms with E-state index in [0.717, 1.165) is 44.4 Å². The van der Waals surface area contributed by atoms with E-state index >= 15 is 0 Å². The summed E-state index contributed by atoms with van der Waals surface area (Å²) in [5, 5.41) is 10.5. The molecule has 1 aliphatic heterocycles. The third-order valence-corrected chi connectivity index (χ3v) is 10.2. The van der Waals surface area contributed by atoms with Crippen LogP contribution in [0, 0.1) is 11.3 Å². The molecule has 0 bridgehead atoms. The SMILES string of the molecule is CC1(C)c2ccccc2Sc2c(-c3cc(-c4ccc(C#N)cc4)cc(-c4nc(-c5ccccc5)c5ccccc5n4)c3)cccc21. The number of para-hydroxylation sites is 1. The average Bonchev–Trinajstić information content (AvgIpc) is 3.11. The molecule has 4 heteroatoms. The summed E-state index contributed by atoms with van der Waals surface area (Å²) in [6.07, 6.45) is 0. The van der Waals surface area contributed by atoms with Crippen molar-refractivity contribution in [2.45, 2.75) is 29.1 Å². The fourth-order valence-electron chi connectivity index (χ4n) is 6.53. The van der Waals surface area contributed by atoms with Crippen molar-refractivity contribution in [3.8, 4) is 51.0 Å². The minimum atomic E-state index is -0.132. The van der Waals surface area contributed by atoms with Crippen LogP contribution in [-0.4, -0.2) is 9.97 Å². The zero-order valence-corrected chi connectivity index (χ0v) is 26.3. The molecule has 8 rings (SSSR count). The van der Waals surface area contributed by atoms with Gasteiger partial charge in [-0.05, 0) is 75.8 Å². The van der Waals surface area contributed by atoms with Crippen LogP contribution in [0.4, 0.5) is 0 Å². The van der Waals surface area contributed by atoms with Gasteiger partial charge in [0, 0.05) is 31.7 Å². The summed E-state index contributed by atoms with van der Waals surface area (Å²) < 4.78 is 0. The molecule has 0 spiro atoms. The predicted octanol–water partition coefficient (Wildman–Crippen LogP) is 11.0. The second-order valence-corrected chi connectivity index (χ2v) is 13.2. The Labute approximate surface area is 273 Å². The normalized spacial score (nSPS) is 13.1. The van der Waals surface area contributed by atoms with Crippen LogP contribution in [0.3, 0.4) is 0 Å². The topological polar surface area (TPSA) is 49.6 Å².